The maximum absolute atomic E-state index is 4.50. The van der Waals surface area contributed by atoms with Crippen molar-refractivity contribution >= 4 is 11.3 Å². The number of hydrogen-bond donors (Lipinski definition) is 1. The van der Waals surface area contributed by atoms with Gasteiger partial charge >= 0.3 is 0 Å². The molecule has 0 aliphatic rings. The zero-order valence-corrected chi connectivity index (χ0v) is 13.6. The van der Waals surface area contributed by atoms with Crippen molar-refractivity contribution in [2.45, 2.75) is 25.9 Å². The lowest BCUT2D eigenvalue weighted by Crippen LogP contribution is -2.22. The van der Waals surface area contributed by atoms with E-state index in [1.54, 1.807) is 11.3 Å². The van der Waals surface area contributed by atoms with Crippen molar-refractivity contribution in [2.24, 2.45) is 0 Å². The van der Waals surface area contributed by atoms with Gasteiger partial charge in [-0.3, -0.25) is 0 Å². The third-order valence-electron chi connectivity index (χ3n) is 3.84. The van der Waals surface area contributed by atoms with Crippen molar-refractivity contribution in [1.29, 1.82) is 0 Å². The van der Waals surface area contributed by atoms with Gasteiger partial charge in [0, 0.05) is 37.9 Å². The van der Waals surface area contributed by atoms with Crippen LogP contribution in [-0.2, 0) is 13.0 Å². The molecule has 3 aromatic rings. The molecule has 0 saturated carbocycles. The Morgan fingerprint density at radius 2 is 2.09 bits per heavy atom. The van der Waals surface area contributed by atoms with Gasteiger partial charge < -0.3 is 9.88 Å². The molecule has 0 radical (unpaired) electrons. The Balaban J connectivity index is 1.54. The fourth-order valence-electron chi connectivity index (χ4n) is 2.53. The van der Waals surface area contributed by atoms with Crippen molar-refractivity contribution < 1.29 is 0 Å². The van der Waals surface area contributed by atoms with E-state index in [4.69, 9.17) is 0 Å². The van der Waals surface area contributed by atoms with Gasteiger partial charge in [-0.2, -0.15) is 11.3 Å². The van der Waals surface area contributed by atoms with Crippen LogP contribution in [0.2, 0.25) is 0 Å². The lowest BCUT2D eigenvalue weighted by molar-refractivity contribution is 0.563. The summed E-state index contributed by atoms with van der Waals surface area (Å²) >= 11 is 1.75. The maximum Gasteiger partial charge on any atom is 0.110 e. The molecule has 0 aliphatic carbocycles. The first-order chi connectivity index (χ1) is 10.8. The highest BCUT2D eigenvalue weighted by Crippen LogP contribution is 2.15. The standard InChI is InChI=1S/C18H21N3S/c1-15(17-8-12-22-14-17)19-9-7-18-20-10-11-21(18)13-16-5-3-2-4-6-16/h2-6,8,10-12,14-15,19H,7,9,13H2,1H3/t15-/m1/s1. The molecule has 0 amide bonds. The second-order valence-corrected chi connectivity index (χ2v) is 6.22. The molecule has 2 heterocycles. The largest absolute Gasteiger partial charge is 0.330 e. The average Bonchev–Trinajstić information content (AvgIpc) is 3.20. The van der Waals surface area contributed by atoms with Crippen LogP contribution < -0.4 is 5.32 Å². The molecule has 4 heteroatoms. The van der Waals surface area contributed by atoms with Crippen LogP contribution in [0.1, 0.15) is 29.9 Å². The van der Waals surface area contributed by atoms with E-state index in [1.807, 2.05) is 12.3 Å². The summed E-state index contributed by atoms with van der Waals surface area (Å²) in [4.78, 5) is 4.50. The molecule has 3 rings (SSSR count). The predicted octanol–water partition coefficient (Wildman–Crippen LogP) is 3.89. The van der Waals surface area contributed by atoms with Gasteiger partial charge in [0.05, 0.1) is 0 Å². The van der Waals surface area contributed by atoms with Gasteiger partial charge in [-0.05, 0) is 34.9 Å². The number of nitrogens with one attached hydrogen (secondary N) is 1. The van der Waals surface area contributed by atoms with Crippen molar-refractivity contribution in [3.05, 3.63) is 76.5 Å². The van der Waals surface area contributed by atoms with E-state index in [-0.39, 0.29) is 0 Å². The minimum absolute atomic E-state index is 0.392. The Morgan fingerprint density at radius 1 is 1.23 bits per heavy atom. The van der Waals surface area contributed by atoms with E-state index < -0.39 is 0 Å². The number of nitrogens with zero attached hydrogens (tertiary/aromatic N) is 2. The predicted molar refractivity (Wildman–Crippen MR) is 92.2 cm³/mol. The molecule has 1 atom stereocenters. The molecular weight excluding hydrogens is 290 g/mol. The van der Waals surface area contributed by atoms with E-state index in [1.165, 1.54) is 11.1 Å². The van der Waals surface area contributed by atoms with Crippen LogP contribution in [0, 0.1) is 0 Å². The van der Waals surface area contributed by atoms with Crippen LogP contribution in [0.4, 0.5) is 0 Å². The zero-order valence-electron chi connectivity index (χ0n) is 12.8. The molecule has 1 aromatic carbocycles. The van der Waals surface area contributed by atoms with Gasteiger partial charge in [-0.25, -0.2) is 4.98 Å². The van der Waals surface area contributed by atoms with Crippen LogP contribution in [-0.4, -0.2) is 16.1 Å². The third-order valence-corrected chi connectivity index (χ3v) is 4.54. The Hall–Kier alpha value is -1.91. The number of rotatable bonds is 7. The summed E-state index contributed by atoms with van der Waals surface area (Å²) in [6.45, 7) is 4.03. The lowest BCUT2D eigenvalue weighted by atomic mass is 10.2. The molecule has 22 heavy (non-hydrogen) atoms. The van der Waals surface area contributed by atoms with E-state index in [0.717, 1.165) is 25.3 Å². The first-order valence-electron chi connectivity index (χ1n) is 7.62. The number of imidazole rings is 1. The van der Waals surface area contributed by atoms with Gasteiger partial charge in [0.1, 0.15) is 5.82 Å². The van der Waals surface area contributed by atoms with Crippen molar-refractivity contribution in [1.82, 2.24) is 14.9 Å². The first-order valence-corrected chi connectivity index (χ1v) is 8.56. The molecule has 0 unspecified atom stereocenters. The van der Waals surface area contributed by atoms with E-state index in [2.05, 4.69) is 69.1 Å². The Labute approximate surface area is 135 Å². The molecule has 0 aliphatic heterocycles. The van der Waals surface area contributed by atoms with Crippen LogP contribution in [0.3, 0.4) is 0 Å². The Kier molecular flexibility index (Phi) is 5.03. The fraction of sp³-hybridized carbons (Fsp3) is 0.278. The van der Waals surface area contributed by atoms with Gasteiger partial charge in [0.15, 0.2) is 0 Å². The minimum Gasteiger partial charge on any atom is -0.330 e. The zero-order chi connectivity index (χ0) is 15.2. The first kappa shape index (κ1) is 15.0. The van der Waals surface area contributed by atoms with Crippen LogP contribution >= 0.6 is 11.3 Å². The summed E-state index contributed by atoms with van der Waals surface area (Å²) in [6.07, 6.45) is 4.89. The number of thiophene rings is 1. The van der Waals surface area contributed by atoms with Crippen LogP contribution in [0.15, 0.2) is 59.6 Å². The highest BCUT2D eigenvalue weighted by atomic mass is 32.1. The van der Waals surface area contributed by atoms with Gasteiger partial charge in [-0.15, -0.1) is 0 Å². The smallest absolute Gasteiger partial charge is 0.110 e. The molecule has 0 fully saturated rings. The molecule has 0 spiro atoms. The number of aromatic nitrogens is 2. The van der Waals surface area contributed by atoms with Crippen LogP contribution in [0.25, 0.3) is 0 Å². The van der Waals surface area contributed by atoms with E-state index in [0.29, 0.717) is 6.04 Å². The Bertz CT molecular complexity index is 673. The van der Waals surface area contributed by atoms with Gasteiger partial charge in [0.25, 0.3) is 0 Å². The minimum atomic E-state index is 0.392. The average molecular weight is 311 g/mol. The van der Waals surface area contributed by atoms with E-state index in [9.17, 15) is 0 Å². The second kappa shape index (κ2) is 7.38. The number of hydrogen-bond acceptors (Lipinski definition) is 3. The SMILES string of the molecule is C[C@@H](NCCc1nccn1Cc1ccccc1)c1ccsc1. The molecule has 114 valence electrons. The summed E-state index contributed by atoms with van der Waals surface area (Å²) in [5.74, 6) is 1.13. The highest BCUT2D eigenvalue weighted by Gasteiger charge is 2.07. The monoisotopic (exact) mass is 311 g/mol. The molecule has 2 aromatic heterocycles. The molecule has 1 N–H and O–H groups in total. The summed E-state index contributed by atoms with van der Waals surface area (Å²) in [5.41, 5.74) is 2.67. The topological polar surface area (TPSA) is 29.9 Å². The summed E-state index contributed by atoms with van der Waals surface area (Å²) in [6, 6.07) is 13.1. The maximum atomic E-state index is 4.50. The normalized spacial score (nSPS) is 12.4. The fourth-order valence-corrected chi connectivity index (χ4v) is 3.29. The van der Waals surface area contributed by atoms with E-state index >= 15 is 0 Å². The van der Waals surface area contributed by atoms with Gasteiger partial charge in [0.2, 0.25) is 0 Å². The Morgan fingerprint density at radius 3 is 2.86 bits per heavy atom. The third kappa shape index (κ3) is 3.84. The lowest BCUT2D eigenvalue weighted by Gasteiger charge is -2.13. The van der Waals surface area contributed by atoms with Crippen molar-refractivity contribution in [3.63, 3.8) is 0 Å². The van der Waals surface area contributed by atoms with Crippen LogP contribution in [0.5, 0.6) is 0 Å². The molecule has 0 bridgehead atoms. The summed E-state index contributed by atoms with van der Waals surface area (Å²) < 4.78 is 2.23. The molecular formula is C18H21N3S. The quantitative estimate of drug-likeness (QED) is 0.717. The highest BCUT2D eigenvalue weighted by molar-refractivity contribution is 7.07. The summed E-state index contributed by atoms with van der Waals surface area (Å²) in [5, 5.41) is 7.90. The van der Waals surface area contributed by atoms with Crippen molar-refractivity contribution in [3.8, 4) is 0 Å². The van der Waals surface area contributed by atoms with Crippen molar-refractivity contribution in [2.75, 3.05) is 6.54 Å². The summed E-state index contributed by atoms with van der Waals surface area (Å²) in [7, 11) is 0. The number of benzene rings is 1. The second-order valence-electron chi connectivity index (χ2n) is 5.44. The molecule has 0 saturated heterocycles. The molecule has 3 nitrogen and oxygen atoms in total. The van der Waals surface area contributed by atoms with Gasteiger partial charge in [-0.1, -0.05) is 30.3 Å².